The van der Waals surface area contributed by atoms with Gasteiger partial charge in [0.2, 0.25) is 10.0 Å². The molecule has 1 unspecified atom stereocenters. The topological polar surface area (TPSA) is 100 Å². The molecule has 0 aliphatic heterocycles. The summed E-state index contributed by atoms with van der Waals surface area (Å²) in [7, 11) is -0.680. The van der Waals surface area contributed by atoms with E-state index in [1.54, 1.807) is 7.05 Å². The number of carbonyl (C=O) groups is 1. The number of nitrogens with zero attached hydrogens (tertiary/aromatic N) is 1. The monoisotopic (exact) mass is 289 g/mol. The lowest BCUT2D eigenvalue weighted by atomic mass is 10.2. The number of amides is 1. The van der Waals surface area contributed by atoms with Crippen LogP contribution in [-0.2, 0) is 17.1 Å². The van der Waals surface area contributed by atoms with Gasteiger partial charge in [-0.25, -0.2) is 13.1 Å². The Morgan fingerprint density at radius 2 is 2.16 bits per heavy atom. The maximum absolute atomic E-state index is 12.0. The van der Waals surface area contributed by atoms with Gasteiger partial charge in [-0.3, -0.25) is 4.79 Å². The Labute approximate surface area is 112 Å². The third kappa shape index (κ3) is 3.55. The van der Waals surface area contributed by atoms with Crippen LogP contribution in [0.3, 0.4) is 0 Å². The Hall–Kier alpha value is -1.38. The first-order chi connectivity index (χ1) is 8.85. The minimum Gasteiger partial charge on any atom is -0.394 e. The Morgan fingerprint density at radius 1 is 1.53 bits per heavy atom. The molecule has 1 heterocycles. The van der Waals surface area contributed by atoms with Crippen molar-refractivity contribution < 1.29 is 18.3 Å². The van der Waals surface area contributed by atoms with Crippen molar-refractivity contribution in [1.82, 2.24) is 14.6 Å². The molecule has 1 aromatic rings. The lowest BCUT2D eigenvalue weighted by molar-refractivity contribution is 0.0906. The van der Waals surface area contributed by atoms with Crippen LogP contribution in [0.25, 0.3) is 0 Å². The summed E-state index contributed by atoms with van der Waals surface area (Å²) in [5.74, 6) is -0.416. The minimum absolute atomic E-state index is 0.0275. The molecular weight excluding hydrogens is 270 g/mol. The highest BCUT2D eigenvalue weighted by Gasteiger charge is 2.20. The third-order valence-corrected chi connectivity index (χ3v) is 4.22. The van der Waals surface area contributed by atoms with Gasteiger partial charge in [-0.2, -0.15) is 0 Å². The zero-order valence-electron chi connectivity index (χ0n) is 11.2. The lowest BCUT2D eigenvalue weighted by Gasteiger charge is -2.13. The second-order valence-electron chi connectivity index (χ2n) is 4.14. The first-order valence-corrected chi connectivity index (χ1v) is 7.35. The molecule has 1 amide bonds. The first-order valence-electron chi connectivity index (χ1n) is 5.87. The van der Waals surface area contributed by atoms with Gasteiger partial charge < -0.3 is 15.0 Å². The van der Waals surface area contributed by atoms with Gasteiger partial charge in [0.05, 0.1) is 12.6 Å². The maximum atomic E-state index is 12.0. The molecule has 0 radical (unpaired) electrons. The van der Waals surface area contributed by atoms with E-state index >= 15 is 0 Å². The molecule has 1 atom stereocenters. The number of aryl methyl sites for hydroxylation is 1. The number of rotatable bonds is 6. The zero-order chi connectivity index (χ0) is 14.6. The summed E-state index contributed by atoms with van der Waals surface area (Å²) in [5.41, 5.74) is 0.223. The van der Waals surface area contributed by atoms with Crippen LogP contribution in [-0.4, -0.2) is 43.7 Å². The fourth-order valence-electron chi connectivity index (χ4n) is 1.56. The van der Waals surface area contributed by atoms with Gasteiger partial charge in [-0.05, 0) is 19.5 Å². The van der Waals surface area contributed by atoms with Crippen molar-refractivity contribution in [3.05, 3.63) is 18.0 Å². The number of hydrogen-bond acceptors (Lipinski definition) is 4. The standard InChI is InChI=1S/C11H19N3O4S/c1-4-8(7-15)13-11(16)10-5-9(6-14(10)3)19(17,18)12-2/h5-6,8,12,15H,4,7H2,1-3H3,(H,13,16). The van der Waals surface area contributed by atoms with E-state index in [0.29, 0.717) is 6.42 Å². The molecule has 0 aliphatic rings. The molecule has 19 heavy (non-hydrogen) atoms. The average molecular weight is 289 g/mol. The number of aliphatic hydroxyl groups excluding tert-OH is 1. The van der Waals surface area contributed by atoms with E-state index in [0.717, 1.165) is 0 Å². The zero-order valence-corrected chi connectivity index (χ0v) is 12.0. The van der Waals surface area contributed by atoms with Crippen LogP contribution in [0.2, 0.25) is 0 Å². The fourth-order valence-corrected chi connectivity index (χ4v) is 2.36. The van der Waals surface area contributed by atoms with Gasteiger partial charge in [-0.15, -0.1) is 0 Å². The van der Waals surface area contributed by atoms with Crippen molar-refractivity contribution in [2.45, 2.75) is 24.3 Å². The average Bonchev–Trinajstić information content (AvgIpc) is 2.78. The van der Waals surface area contributed by atoms with Crippen molar-refractivity contribution in [2.24, 2.45) is 7.05 Å². The molecule has 0 fully saturated rings. The van der Waals surface area contributed by atoms with E-state index in [1.165, 1.54) is 23.9 Å². The van der Waals surface area contributed by atoms with E-state index in [1.807, 2.05) is 6.92 Å². The molecular formula is C11H19N3O4S. The summed E-state index contributed by atoms with van der Waals surface area (Å²) in [4.78, 5) is 12.0. The molecule has 0 bridgehead atoms. The van der Waals surface area contributed by atoms with Gasteiger partial charge in [0, 0.05) is 13.2 Å². The predicted octanol–water partition coefficient (Wildman–Crippen LogP) is -0.566. The summed E-state index contributed by atoms with van der Waals surface area (Å²) in [6.07, 6.45) is 1.95. The van der Waals surface area contributed by atoms with Crippen LogP contribution in [0.5, 0.6) is 0 Å². The largest absolute Gasteiger partial charge is 0.394 e. The van der Waals surface area contributed by atoms with Crippen LogP contribution in [0.1, 0.15) is 23.8 Å². The number of nitrogens with one attached hydrogen (secondary N) is 2. The number of sulfonamides is 1. The van der Waals surface area contributed by atoms with Crippen LogP contribution in [0.15, 0.2) is 17.2 Å². The van der Waals surface area contributed by atoms with Crippen molar-refractivity contribution in [3.63, 3.8) is 0 Å². The van der Waals surface area contributed by atoms with Gasteiger partial charge >= 0.3 is 0 Å². The molecule has 8 heteroatoms. The van der Waals surface area contributed by atoms with Gasteiger partial charge in [0.15, 0.2) is 0 Å². The quantitative estimate of drug-likeness (QED) is 0.653. The molecule has 1 aromatic heterocycles. The highest BCUT2D eigenvalue weighted by atomic mass is 32.2. The molecule has 3 N–H and O–H groups in total. The smallest absolute Gasteiger partial charge is 0.268 e. The minimum atomic E-state index is -3.57. The third-order valence-electron chi connectivity index (χ3n) is 2.84. The summed E-state index contributed by atoms with van der Waals surface area (Å²) in [6, 6.07) is 0.956. The highest BCUT2D eigenvalue weighted by Crippen LogP contribution is 2.13. The molecule has 0 saturated heterocycles. The number of aromatic nitrogens is 1. The fraction of sp³-hybridized carbons (Fsp3) is 0.545. The summed E-state index contributed by atoms with van der Waals surface area (Å²) in [5, 5.41) is 11.7. The number of aliphatic hydroxyl groups is 1. The van der Waals surface area contributed by atoms with E-state index in [-0.39, 0.29) is 23.2 Å². The molecule has 0 saturated carbocycles. The Kier molecular flexibility index (Phi) is 5.10. The first kappa shape index (κ1) is 15.7. The molecule has 0 aliphatic carbocycles. The van der Waals surface area contributed by atoms with Crippen molar-refractivity contribution >= 4 is 15.9 Å². The van der Waals surface area contributed by atoms with Crippen molar-refractivity contribution in [3.8, 4) is 0 Å². The predicted molar refractivity (Wildman–Crippen MR) is 70.3 cm³/mol. The maximum Gasteiger partial charge on any atom is 0.268 e. The lowest BCUT2D eigenvalue weighted by Crippen LogP contribution is -2.37. The molecule has 0 spiro atoms. The molecule has 1 rings (SSSR count). The van der Waals surface area contributed by atoms with E-state index in [9.17, 15) is 13.2 Å². The SMILES string of the molecule is CCC(CO)NC(=O)c1cc(S(=O)(=O)NC)cn1C. The Bertz CT molecular complexity index is 546. The van der Waals surface area contributed by atoms with Gasteiger partial charge in [0.25, 0.3) is 5.91 Å². The van der Waals surface area contributed by atoms with Crippen LogP contribution < -0.4 is 10.0 Å². The summed E-state index contributed by atoms with van der Waals surface area (Å²) >= 11 is 0. The van der Waals surface area contributed by atoms with E-state index in [2.05, 4.69) is 10.0 Å². The normalized spacial score (nSPS) is 13.3. The van der Waals surface area contributed by atoms with Crippen LogP contribution in [0, 0.1) is 0 Å². The molecule has 0 aromatic carbocycles. The van der Waals surface area contributed by atoms with E-state index < -0.39 is 15.9 Å². The Balaban J connectivity index is 3.00. The van der Waals surface area contributed by atoms with E-state index in [4.69, 9.17) is 5.11 Å². The second kappa shape index (κ2) is 6.18. The van der Waals surface area contributed by atoms with Gasteiger partial charge in [0.1, 0.15) is 10.6 Å². The summed E-state index contributed by atoms with van der Waals surface area (Å²) in [6.45, 7) is 1.68. The van der Waals surface area contributed by atoms with Crippen LogP contribution in [0.4, 0.5) is 0 Å². The number of hydrogen-bond donors (Lipinski definition) is 3. The van der Waals surface area contributed by atoms with Crippen LogP contribution >= 0.6 is 0 Å². The highest BCUT2D eigenvalue weighted by molar-refractivity contribution is 7.89. The van der Waals surface area contributed by atoms with Crippen molar-refractivity contribution in [2.75, 3.05) is 13.7 Å². The second-order valence-corrected chi connectivity index (χ2v) is 6.03. The van der Waals surface area contributed by atoms with Crippen molar-refractivity contribution in [1.29, 1.82) is 0 Å². The van der Waals surface area contributed by atoms with Gasteiger partial charge in [-0.1, -0.05) is 6.92 Å². The summed E-state index contributed by atoms with van der Waals surface area (Å²) < 4.78 is 26.9. The Morgan fingerprint density at radius 3 is 2.63 bits per heavy atom. The molecule has 108 valence electrons. The number of carbonyl (C=O) groups excluding carboxylic acids is 1. The molecule has 7 nitrogen and oxygen atoms in total.